The summed E-state index contributed by atoms with van der Waals surface area (Å²) in [4.78, 5) is 11.8. The van der Waals surface area contributed by atoms with Gasteiger partial charge in [-0.25, -0.2) is 9.82 Å². The molecule has 5 nitrogen and oxygen atoms in total. The zero-order chi connectivity index (χ0) is 19.8. The molecule has 1 amide bonds. The molecule has 0 aliphatic heterocycles. The maximum atomic E-state index is 13.5. The summed E-state index contributed by atoms with van der Waals surface area (Å²) >= 11 is 4.37. The van der Waals surface area contributed by atoms with E-state index in [9.17, 15) is 9.18 Å². The van der Waals surface area contributed by atoms with E-state index < -0.39 is 0 Å². The SMILES string of the molecule is Cc1ccc(CSc2nnc(SCC(=O)NN=Cc3ccccc3F)s2)cc1. The van der Waals surface area contributed by atoms with Crippen molar-refractivity contribution in [2.24, 2.45) is 5.10 Å². The lowest BCUT2D eigenvalue weighted by Gasteiger charge is -1.99. The number of benzene rings is 2. The smallest absolute Gasteiger partial charge is 0.250 e. The standard InChI is InChI=1S/C19H17FN4OS3/c1-13-6-8-14(9-7-13)11-26-18-23-24-19(28-18)27-12-17(25)22-21-10-15-4-2-3-5-16(15)20/h2-10H,11-12H2,1H3,(H,22,25). The Morgan fingerprint density at radius 2 is 1.86 bits per heavy atom. The molecule has 0 radical (unpaired) electrons. The second-order valence-corrected chi connectivity index (χ2v) is 9.13. The monoisotopic (exact) mass is 432 g/mol. The fourth-order valence-corrected chi connectivity index (χ4v) is 4.82. The molecule has 0 aliphatic carbocycles. The first-order valence-corrected chi connectivity index (χ1v) is 11.1. The van der Waals surface area contributed by atoms with E-state index >= 15 is 0 Å². The molecule has 3 aromatic rings. The van der Waals surface area contributed by atoms with Gasteiger partial charge in [-0.15, -0.1) is 10.2 Å². The third-order valence-electron chi connectivity index (χ3n) is 3.50. The van der Waals surface area contributed by atoms with Gasteiger partial charge in [-0.3, -0.25) is 4.79 Å². The molecule has 0 saturated heterocycles. The molecular formula is C19H17FN4OS3. The zero-order valence-corrected chi connectivity index (χ0v) is 17.4. The molecule has 0 spiro atoms. The van der Waals surface area contributed by atoms with E-state index in [1.165, 1.54) is 46.5 Å². The molecule has 1 aromatic heterocycles. The summed E-state index contributed by atoms with van der Waals surface area (Å²) in [7, 11) is 0. The lowest BCUT2D eigenvalue weighted by molar-refractivity contribution is -0.118. The number of aromatic nitrogens is 2. The first-order chi connectivity index (χ1) is 13.6. The molecule has 1 N–H and O–H groups in total. The number of hydrogen-bond acceptors (Lipinski definition) is 7. The van der Waals surface area contributed by atoms with Crippen LogP contribution in [-0.2, 0) is 10.5 Å². The van der Waals surface area contributed by atoms with Gasteiger partial charge in [0.2, 0.25) is 0 Å². The third-order valence-corrected chi connectivity index (χ3v) is 6.76. The average molecular weight is 433 g/mol. The Kier molecular flexibility index (Phi) is 7.58. The fraction of sp³-hybridized carbons (Fsp3) is 0.158. The fourth-order valence-electron chi connectivity index (χ4n) is 2.06. The van der Waals surface area contributed by atoms with E-state index in [0.717, 1.165) is 14.4 Å². The summed E-state index contributed by atoms with van der Waals surface area (Å²) in [6.07, 6.45) is 1.28. The maximum absolute atomic E-state index is 13.5. The van der Waals surface area contributed by atoms with Crippen LogP contribution in [0.1, 0.15) is 16.7 Å². The lowest BCUT2D eigenvalue weighted by Crippen LogP contribution is -2.19. The van der Waals surface area contributed by atoms with Crippen molar-refractivity contribution in [2.45, 2.75) is 21.4 Å². The molecule has 144 valence electrons. The van der Waals surface area contributed by atoms with Gasteiger partial charge in [0.1, 0.15) is 5.82 Å². The predicted molar refractivity (Wildman–Crippen MR) is 114 cm³/mol. The predicted octanol–water partition coefficient (Wildman–Crippen LogP) is 4.52. The van der Waals surface area contributed by atoms with Gasteiger partial charge in [0.15, 0.2) is 8.68 Å². The molecule has 28 heavy (non-hydrogen) atoms. The largest absolute Gasteiger partial charge is 0.272 e. The second-order valence-electron chi connectivity index (χ2n) is 5.71. The van der Waals surface area contributed by atoms with Crippen LogP contribution < -0.4 is 5.43 Å². The van der Waals surface area contributed by atoms with Crippen LogP contribution in [0.2, 0.25) is 0 Å². The highest BCUT2D eigenvalue weighted by molar-refractivity contribution is 8.03. The van der Waals surface area contributed by atoms with E-state index in [0.29, 0.717) is 5.56 Å². The first kappa shape index (κ1) is 20.5. The molecule has 0 bridgehead atoms. The highest BCUT2D eigenvalue weighted by Crippen LogP contribution is 2.30. The van der Waals surface area contributed by atoms with Crippen molar-refractivity contribution in [1.29, 1.82) is 0 Å². The van der Waals surface area contributed by atoms with Gasteiger partial charge in [-0.2, -0.15) is 5.10 Å². The molecule has 0 fully saturated rings. The summed E-state index contributed by atoms with van der Waals surface area (Å²) in [5, 5.41) is 12.0. The Morgan fingerprint density at radius 1 is 1.14 bits per heavy atom. The number of carbonyl (C=O) groups excluding carboxylic acids is 1. The van der Waals surface area contributed by atoms with Gasteiger partial charge in [0.25, 0.3) is 5.91 Å². The second kappa shape index (κ2) is 10.4. The van der Waals surface area contributed by atoms with Crippen molar-refractivity contribution in [1.82, 2.24) is 15.6 Å². The minimum Gasteiger partial charge on any atom is -0.272 e. The summed E-state index contributed by atoms with van der Waals surface area (Å²) in [5.74, 6) is 0.303. The quantitative estimate of drug-likeness (QED) is 0.322. The van der Waals surface area contributed by atoms with E-state index in [4.69, 9.17) is 0 Å². The molecule has 0 aliphatic rings. The van der Waals surface area contributed by atoms with Gasteiger partial charge < -0.3 is 0 Å². The number of nitrogens with one attached hydrogen (secondary N) is 1. The zero-order valence-electron chi connectivity index (χ0n) is 15.0. The average Bonchev–Trinajstić information content (AvgIpc) is 3.15. The number of halogens is 1. The third kappa shape index (κ3) is 6.43. The van der Waals surface area contributed by atoms with E-state index in [1.54, 1.807) is 30.0 Å². The van der Waals surface area contributed by atoms with Gasteiger partial charge in [0.05, 0.1) is 12.0 Å². The van der Waals surface area contributed by atoms with Crippen molar-refractivity contribution in [3.05, 3.63) is 71.0 Å². The summed E-state index contributed by atoms with van der Waals surface area (Å²) in [6, 6.07) is 14.6. The summed E-state index contributed by atoms with van der Waals surface area (Å²) in [6.45, 7) is 2.06. The number of aryl methyl sites for hydroxylation is 1. The van der Waals surface area contributed by atoms with Crippen LogP contribution in [0.25, 0.3) is 0 Å². The van der Waals surface area contributed by atoms with Gasteiger partial charge in [0, 0.05) is 11.3 Å². The van der Waals surface area contributed by atoms with Crippen molar-refractivity contribution in [3.63, 3.8) is 0 Å². The Morgan fingerprint density at radius 3 is 2.61 bits per heavy atom. The van der Waals surface area contributed by atoms with Crippen LogP contribution >= 0.6 is 34.9 Å². The van der Waals surface area contributed by atoms with Crippen LogP contribution in [0.15, 0.2) is 62.3 Å². The molecule has 9 heteroatoms. The first-order valence-electron chi connectivity index (χ1n) is 8.31. The van der Waals surface area contributed by atoms with E-state index in [-0.39, 0.29) is 17.5 Å². The topological polar surface area (TPSA) is 67.2 Å². The van der Waals surface area contributed by atoms with Crippen molar-refractivity contribution in [3.8, 4) is 0 Å². The van der Waals surface area contributed by atoms with Gasteiger partial charge in [-0.1, -0.05) is 82.9 Å². The van der Waals surface area contributed by atoms with Crippen LogP contribution in [0.3, 0.4) is 0 Å². The van der Waals surface area contributed by atoms with Crippen LogP contribution in [-0.4, -0.2) is 28.1 Å². The number of carbonyl (C=O) groups is 1. The number of hydrogen-bond donors (Lipinski definition) is 1. The highest BCUT2D eigenvalue weighted by Gasteiger charge is 2.08. The molecule has 3 rings (SSSR count). The molecule has 0 saturated carbocycles. The van der Waals surface area contributed by atoms with Gasteiger partial charge in [-0.05, 0) is 18.6 Å². The summed E-state index contributed by atoms with van der Waals surface area (Å²) in [5.41, 5.74) is 5.16. The Balaban J connectivity index is 1.41. The Labute approximate surface area is 174 Å². The van der Waals surface area contributed by atoms with Crippen molar-refractivity contribution < 1.29 is 9.18 Å². The number of thioether (sulfide) groups is 2. The Hall–Kier alpha value is -2.23. The van der Waals surface area contributed by atoms with Gasteiger partial charge >= 0.3 is 0 Å². The highest BCUT2D eigenvalue weighted by atomic mass is 32.2. The minimum absolute atomic E-state index is 0.159. The molecule has 1 heterocycles. The normalized spacial score (nSPS) is 11.1. The number of nitrogens with zero attached hydrogens (tertiary/aromatic N) is 3. The number of hydrazone groups is 1. The molecular weight excluding hydrogens is 415 g/mol. The van der Waals surface area contributed by atoms with Crippen LogP contribution in [0.4, 0.5) is 4.39 Å². The Bertz CT molecular complexity index is 960. The van der Waals surface area contributed by atoms with E-state index in [2.05, 4.69) is 51.9 Å². The lowest BCUT2D eigenvalue weighted by atomic mass is 10.2. The van der Waals surface area contributed by atoms with Crippen LogP contribution in [0.5, 0.6) is 0 Å². The summed E-state index contributed by atoms with van der Waals surface area (Å²) < 4.78 is 15.0. The minimum atomic E-state index is -0.389. The molecule has 0 unspecified atom stereocenters. The van der Waals surface area contributed by atoms with Crippen LogP contribution in [0, 0.1) is 12.7 Å². The van der Waals surface area contributed by atoms with Crippen molar-refractivity contribution in [2.75, 3.05) is 5.75 Å². The maximum Gasteiger partial charge on any atom is 0.250 e. The molecule has 2 aromatic carbocycles. The molecule has 0 atom stereocenters. The number of rotatable bonds is 8. The van der Waals surface area contributed by atoms with E-state index in [1.807, 2.05) is 0 Å². The number of amides is 1. The van der Waals surface area contributed by atoms with Crippen molar-refractivity contribution >= 4 is 47.0 Å².